The molecule has 0 atom stereocenters. The van der Waals surface area contributed by atoms with Crippen LogP contribution < -0.4 is 9.47 Å². The van der Waals surface area contributed by atoms with Crippen molar-refractivity contribution in [2.24, 2.45) is 10.8 Å². The normalized spacial score (nSPS) is 15.7. The molecular formula is C26H20Cl10O3. The molecule has 0 unspecified atom stereocenters. The van der Waals surface area contributed by atoms with Crippen molar-refractivity contribution in [2.45, 2.75) is 47.3 Å². The molecule has 0 spiro atoms. The predicted molar refractivity (Wildman–Crippen MR) is 167 cm³/mol. The number of hydrogen-bond acceptors (Lipinski definition) is 3. The van der Waals surface area contributed by atoms with Crippen LogP contribution in [0.3, 0.4) is 0 Å². The minimum atomic E-state index is -1.96. The third-order valence-corrected chi connectivity index (χ3v) is 10.1. The van der Waals surface area contributed by atoms with Crippen LogP contribution in [0.15, 0.2) is 23.3 Å². The van der Waals surface area contributed by atoms with Crippen LogP contribution in [-0.4, -0.2) is 11.6 Å². The van der Waals surface area contributed by atoms with E-state index >= 15 is 0 Å². The predicted octanol–water partition coefficient (Wildman–Crippen LogP) is 12.9. The van der Waals surface area contributed by atoms with Crippen LogP contribution >= 0.6 is 116 Å². The molecule has 1 aliphatic carbocycles. The molecule has 212 valence electrons. The van der Waals surface area contributed by atoms with Gasteiger partial charge < -0.3 is 9.47 Å². The molecule has 0 saturated carbocycles. The number of ether oxygens (including phenoxy) is 2. The molecule has 0 aliphatic heterocycles. The van der Waals surface area contributed by atoms with Crippen molar-refractivity contribution in [3.8, 4) is 11.5 Å². The number of carbonyl (C=O) groups excluding carboxylic acids is 1. The second-order valence-electron chi connectivity index (χ2n) is 10.7. The topological polar surface area (TPSA) is 35.5 Å². The molecule has 3 nitrogen and oxygen atoms in total. The van der Waals surface area contributed by atoms with E-state index in [0.717, 1.165) is 0 Å². The van der Waals surface area contributed by atoms with Gasteiger partial charge in [-0.05, 0) is 10.8 Å². The van der Waals surface area contributed by atoms with Gasteiger partial charge in [0.05, 0.1) is 30.1 Å². The summed E-state index contributed by atoms with van der Waals surface area (Å²) in [5, 5.41) is -1.22. The van der Waals surface area contributed by atoms with Gasteiger partial charge in [0.1, 0.15) is 20.1 Å². The van der Waals surface area contributed by atoms with Crippen molar-refractivity contribution in [3.63, 3.8) is 0 Å². The summed E-state index contributed by atoms with van der Waals surface area (Å²) < 4.78 is 12.8. The Bertz CT molecular complexity index is 1280. The van der Waals surface area contributed by atoms with E-state index in [0.29, 0.717) is 11.1 Å². The van der Waals surface area contributed by atoms with Gasteiger partial charge in [-0.2, -0.15) is 0 Å². The van der Waals surface area contributed by atoms with E-state index in [2.05, 4.69) is 0 Å². The highest BCUT2D eigenvalue weighted by Crippen LogP contribution is 2.53. The average Bonchev–Trinajstić information content (AvgIpc) is 2.84. The van der Waals surface area contributed by atoms with Gasteiger partial charge in [-0.15, -0.1) is 0 Å². The second kappa shape index (κ2) is 11.6. The Morgan fingerprint density at radius 2 is 0.718 bits per heavy atom. The van der Waals surface area contributed by atoms with Crippen LogP contribution in [0.4, 0.5) is 0 Å². The molecule has 0 fully saturated rings. The Balaban J connectivity index is 2.47. The standard InChI is InChI=1S/C26H20Cl10O3/c1-24(2,3)9-7-26(8-10(21(9)37)25(4,5)6,38-22-17(33)13(29)11(27)14(30)18(22)34)39-23-19(35)15(31)12(28)16(32)20(23)36/h7-8H,1-6H3. The van der Waals surface area contributed by atoms with E-state index < -0.39 is 16.6 Å². The minimum absolute atomic E-state index is 0.0753. The van der Waals surface area contributed by atoms with Gasteiger partial charge in [-0.1, -0.05) is 158 Å². The SMILES string of the molecule is CC(C)(C)C1=CC(Oc2c(Cl)c(Cl)c(Cl)c(Cl)c2Cl)(Oc2c(Cl)c(Cl)c(Cl)c(Cl)c2Cl)C=C(C(C)(C)C)C1=O. The molecule has 0 bridgehead atoms. The first-order valence-electron chi connectivity index (χ1n) is 11.1. The third kappa shape index (κ3) is 6.39. The number of benzene rings is 2. The fourth-order valence-corrected chi connectivity index (χ4v) is 6.04. The van der Waals surface area contributed by atoms with Crippen LogP contribution in [0, 0.1) is 10.8 Å². The Hall–Kier alpha value is 0.0900. The van der Waals surface area contributed by atoms with Gasteiger partial charge in [-0.3, -0.25) is 4.79 Å². The molecule has 0 saturated heterocycles. The number of hydrogen-bond donors (Lipinski definition) is 0. The summed E-state index contributed by atoms with van der Waals surface area (Å²) in [4.78, 5) is 13.7. The average molecular weight is 735 g/mol. The van der Waals surface area contributed by atoms with Crippen molar-refractivity contribution in [1.82, 2.24) is 0 Å². The highest BCUT2D eigenvalue weighted by molar-refractivity contribution is 6.56. The lowest BCUT2D eigenvalue weighted by molar-refractivity contribution is -0.115. The monoisotopic (exact) mass is 730 g/mol. The van der Waals surface area contributed by atoms with E-state index in [9.17, 15) is 4.79 Å². The number of halogens is 10. The van der Waals surface area contributed by atoms with Crippen LogP contribution in [0.25, 0.3) is 0 Å². The zero-order valence-corrected chi connectivity index (χ0v) is 28.7. The quantitative estimate of drug-likeness (QED) is 0.178. The summed E-state index contributed by atoms with van der Waals surface area (Å²) in [7, 11) is 0. The second-order valence-corrected chi connectivity index (χ2v) is 14.4. The van der Waals surface area contributed by atoms with Crippen molar-refractivity contribution in [1.29, 1.82) is 0 Å². The van der Waals surface area contributed by atoms with Crippen LogP contribution in [0.5, 0.6) is 11.5 Å². The van der Waals surface area contributed by atoms with Crippen LogP contribution in [0.2, 0.25) is 50.2 Å². The van der Waals surface area contributed by atoms with Gasteiger partial charge in [0, 0.05) is 23.3 Å². The minimum Gasteiger partial charge on any atom is -0.442 e. The van der Waals surface area contributed by atoms with Gasteiger partial charge in [-0.25, -0.2) is 0 Å². The highest BCUT2D eigenvalue weighted by Gasteiger charge is 2.46. The van der Waals surface area contributed by atoms with E-state index in [1.807, 2.05) is 41.5 Å². The summed E-state index contributed by atoms with van der Waals surface area (Å²) in [6.45, 7) is 11.2. The molecule has 0 aromatic heterocycles. The molecule has 1 aliphatic rings. The molecule has 13 heteroatoms. The Kier molecular flexibility index (Phi) is 10.0. The first-order chi connectivity index (χ1) is 17.6. The summed E-state index contributed by atoms with van der Waals surface area (Å²) in [5.74, 6) is -2.54. The fraction of sp³-hybridized carbons (Fsp3) is 0.346. The number of ketones is 1. The lowest BCUT2D eigenvalue weighted by Gasteiger charge is -2.39. The van der Waals surface area contributed by atoms with Crippen molar-refractivity contribution in [3.05, 3.63) is 73.5 Å². The maximum atomic E-state index is 13.7. The molecule has 0 amide bonds. The molecule has 39 heavy (non-hydrogen) atoms. The maximum Gasteiger partial charge on any atom is 0.292 e. The Labute approximate surface area is 277 Å². The smallest absolute Gasteiger partial charge is 0.292 e. The lowest BCUT2D eigenvalue weighted by atomic mass is 9.71. The molecule has 2 aromatic carbocycles. The van der Waals surface area contributed by atoms with E-state index in [4.69, 9.17) is 125 Å². The number of rotatable bonds is 4. The van der Waals surface area contributed by atoms with Gasteiger partial charge in [0.25, 0.3) is 5.79 Å². The van der Waals surface area contributed by atoms with Gasteiger partial charge in [0.2, 0.25) is 0 Å². The molecule has 0 N–H and O–H groups in total. The Morgan fingerprint density at radius 3 is 0.949 bits per heavy atom. The maximum absolute atomic E-state index is 13.7. The van der Waals surface area contributed by atoms with E-state index in [1.165, 1.54) is 12.2 Å². The molecule has 0 heterocycles. The van der Waals surface area contributed by atoms with Crippen molar-refractivity contribution < 1.29 is 14.3 Å². The van der Waals surface area contributed by atoms with E-state index in [-0.39, 0.29) is 67.5 Å². The van der Waals surface area contributed by atoms with Crippen molar-refractivity contribution in [2.75, 3.05) is 0 Å². The third-order valence-electron chi connectivity index (χ3n) is 5.66. The first kappa shape index (κ1) is 33.6. The zero-order chi connectivity index (χ0) is 30.0. The molecule has 0 radical (unpaired) electrons. The molecule has 2 aromatic rings. The summed E-state index contributed by atoms with van der Waals surface area (Å²) in [5.41, 5.74) is -0.643. The lowest BCUT2D eigenvalue weighted by Crippen LogP contribution is -2.45. The highest BCUT2D eigenvalue weighted by atomic mass is 35.5. The van der Waals surface area contributed by atoms with Gasteiger partial charge >= 0.3 is 0 Å². The largest absolute Gasteiger partial charge is 0.442 e. The summed E-state index contributed by atoms with van der Waals surface area (Å²) in [6.07, 6.45) is 2.94. The first-order valence-corrected chi connectivity index (χ1v) is 14.8. The zero-order valence-electron chi connectivity index (χ0n) is 21.2. The molecule has 3 rings (SSSR count). The fourth-order valence-electron chi connectivity index (χ4n) is 3.64. The number of allylic oxidation sites excluding steroid dienone is 2. The number of carbonyl (C=O) groups is 1. The van der Waals surface area contributed by atoms with Gasteiger partial charge in [0.15, 0.2) is 17.3 Å². The summed E-state index contributed by atoms with van der Waals surface area (Å²) in [6, 6.07) is 0. The number of Topliss-reactive ketones (excluding diaryl/α,β-unsaturated/α-hetero) is 1. The summed E-state index contributed by atoms with van der Waals surface area (Å²) >= 11 is 63.7. The van der Waals surface area contributed by atoms with Crippen LogP contribution in [0.1, 0.15) is 41.5 Å². The van der Waals surface area contributed by atoms with E-state index in [1.54, 1.807) is 0 Å². The Morgan fingerprint density at radius 1 is 0.487 bits per heavy atom. The molecular weight excluding hydrogens is 715 g/mol. The van der Waals surface area contributed by atoms with Crippen molar-refractivity contribution >= 4 is 122 Å². The van der Waals surface area contributed by atoms with Crippen LogP contribution in [-0.2, 0) is 4.79 Å².